The van der Waals surface area contributed by atoms with Gasteiger partial charge in [0.2, 0.25) is 0 Å². The van der Waals surface area contributed by atoms with E-state index >= 15 is 0 Å². The second kappa shape index (κ2) is 4.73. The third-order valence-electron chi connectivity index (χ3n) is 7.84. The largest absolute Gasteiger partial charge is 0.0845 e. The highest BCUT2D eigenvalue weighted by Gasteiger charge is 2.56. The van der Waals surface area contributed by atoms with Gasteiger partial charge >= 0.3 is 0 Å². The smallest absolute Gasteiger partial charge is 0.00217 e. The summed E-state index contributed by atoms with van der Waals surface area (Å²) in [5.41, 5.74) is 2.81. The van der Waals surface area contributed by atoms with E-state index in [4.69, 9.17) is 0 Å². The molecule has 0 aromatic carbocycles. The third-order valence-corrected chi connectivity index (χ3v) is 9.07. The molecule has 0 aliphatic heterocycles. The molecule has 2 saturated carbocycles. The van der Waals surface area contributed by atoms with Crippen LogP contribution < -0.4 is 0 Å². The lowest BCUT2D eigenvalue weighted by atomic mass is 9.47. The van der Waals surface area contributed by atoms with Crippen LogP contribution in [-0.2, 0) is 0 Å². The van der Waals surface area contributed by atoms with Crippen molar-refractivity contribution < 1.29 is 0 Å². The zero-order chi connectivity index (χ0) is 14.8. The van der Waals surface area contributed by atoms with E-state index in [1.165, 1.54) is 49.4 Å². The summed E-state index contributed by atoms with van der Waals surface area (Å²) in [5.74, 6) is 3.68. The highest BCUT2D eigenvalue weighted by molar-refractivity contribution is 9.11. The van der Waals surface area contributed by atoms with Gasteiger partial charge in [-0.25, -0.2) is 0 Å². The molecule has 0 spiro atoms. The maximum absolute atomic E-state index is 3.89. The van der Waals surface area contributed by atoms with Gasteiger partial charge in [0.05, 0.1) is 0 Å². The van der Waals surface area contributed by atoms with Gasteiger partial charge in [-0.1, -0.05) is 54.4 Å². The van der Waals surface area contributed by atoms with Crippen LogP contribution in [0.4, 0.5) is 0 Å². The van der Waals surface area contributed by atoms with Crippen molar-refractivity contribution in [1.82, 2.24) is 0 Å². The van der Waals surface area contributed by atoms with E-state index in [0.29, 0.717) is 10.8 Å². The molecular formula is C20H29Br. The van der Waals surface area contributed by atoms with Crippen molar-refractivity contribution in [3.63, 3.8) is 0 Å². The van der Waals surface area contributed by atoms with Crippen molar-refractivity contribution in [1.29, 1.82) is 0 Å². The molecule has 3 unspecified atom stereocenters. The van der Waals surface area contributed by atoms with E-state index in [0.717, 1.165) is 23.7 Å². The zero-order valence-electron chi connectivity index (χ0n) is 13.8. The van der Waals surface area contributed by atoms with Crippen LogP contribution in [-0.4, -0.2) is 0 Å². The van der Waals surface area contributed by atoms with Crippen LogP contribution in [0.15, 0.2) is 22.2 Å². The summed E-state index contributed by atoms with van der Waals surface area (Å²) in [6.45, 7) is 7.58. The minimum Gasteiger partial charge on any atom is -0.0845 e. The van der Waals surface area contributed by atoms with Crippen LogP contribution in [0.3, 0.4) is 0 Å². The Labute approximate surface area is 138 Å². The average molecular weight is 349 g/mol. The lowest BCUT2D eigenvalue weighted by Gasteiger charge is -2.57. The summed E-state index contributed by atoms with van der Waals surface area (Å²) in [5, 5.41) is 0. The van der Waals surface area contributed by atoms with Gasteiger partial charge < -0.3 is 0 Å². The quantitative estimate of drug-likeness (QED) is 0.439. The molecule has 0 amide bonds. The minimum atomic E-state index is 0.449. The average Bonchev–Trinajstić information content (AvgIpc) is 2.76. The molecular weight excluding hydrogens is 320 g/mol. The summed E-state index contributed by atoms with van der Waals surface area (Å²) in [4.78, 5) is 0. The van der Waals surface area contributed by atoms with Gasteiger partial charge in [-0.05, 0) is 78.5 Å². The van der Waals surface area contributed by atoms with Gasteiger partial charge in [0.15, 0.2) is 0 Å². The van der Waals surface area contributed by atoms with Gasteiger partial charge in [-0.2, -0.15) is 0 Å². The third kappa shape index (κ3) is 1.92. The Balaban J connectivity index is 1.68. The standard InChI is InChI=1S/C20H29Br/c1-13-8-10-19(2)14(12-13)4-5-15-16-6-7-18(21)20(16,3)11-9-17(15)19/h4,7,13,15-17H,5-6,8-12H2,1-3H3/t13-,15?,16?,17?,19-,20-/m0/s1. The summed E-state index contributed by atoms with van der Waals surface area (Å²) in [6.07, 6.45) is 14.9. The highest BCUT2D eigenvalue weighted by Crippen LogP contribution is 2.65. The molecule has 21 heavy (non-hydrogen) atoms. The Morgan fingerprint density at radius 2 is 1.76 bits per heavy atom. The molecule has 6 atom stereocenters. The number of allylic oxidation sites excluding steroid dienone is 4. The molecule has 0 radical (unpaired) electrons. The number of halogens is 1. The van der Waals surface area contributed by atoms with Crippen molar-refractivity contribution in [2.45, 2.75) is 65.7 Å². The van der Waals surface area contributed by atoms with E-state index in [1.54, 1.807) is 0 Å². The maximum Gasteiger partial charge on any atom is 0.00217 e. The number of rotatable bonds is 0. The molecule has 0 nitrogen and oxygen atoms in total. The lowest BCUT2D eigenvalue weighted by Crippen LogP contribution is -2.49. The summed E-state index contributed by atoms with van der Waals surface area (Å²) < 4.78 is 1.51. The van der Waals surface area contributed by atoms with Crippen molar-refractivity contribution in [2.24, 2.45) is 34.5 Å². The van der Waals surface area contributed by atoms with Crippen LogP contribution in [0.2, 0.25) is 0 Å². The second-order valence-electron chi connectivity index (χ2n) is 8.85. The van der Waals surface area contributed by atoms with Crippen LogP contribution in [0.1, 0.15) is 65.7 Å². The first-order chi connectivity index (χ1) is 9.95. The zero-order valence-corrected chi connectivity index (χ0v) is 15.4. The van der Waals surface area contributed by atoms with Gasteiger partial charge in [-0.3, -0.25) is 0 Å². The fourth-order valence-electron chi connectivity index (χ4n) is 6.36. The van der Waals surface area contributed by atoms with E-state index in [1.807, 2.05) is 5.57 Å². The topological polar surface area (TPSA) is 0 Å². The molecule has 0 aromatic rings. The summed E-state index contributed by atoms with van der Waals surface area (Å²) in [7, 11) is 0. The summed E-state index contributed by atoms with van der Waals surface area (Å²) >= 11 is 3.89. The van der Waals surface area contributed by atoms with Gasteiger partial charge in [0, 0.05) is 5.41 Å². The van der Waals surface area contributed by atoms with E-state index in [9.17, 15) is 0 Å². The summed E-state index contributed by atoms with van der Waals surface area (Å²) in [6, 6.07) is 0. The molecule has 0 bridgehead atoms. The van der Waals surface area contributed by atoms with Crippen LogP contribution >= 0.6 is 15.9 Å². The first-order valence-corrected chi connectivity index (χ1v) is 9.80. The fourth-order valence-corrected chi connectivity index (χ4v) is 7.04. The number of fused-ring (bicyclic) bond motifs is 5. The van der Waals surface area contributed by atoms with E-state index in [-0.39, 0.29) is 0 Å². The Kier molecular flexibility index (Phi) is 3.27. The molecule has 0 saturated heterocycles. The Bertz CT molecular complexity index is 516. The first kappa shape index (κ1) is 14.5. The highest BCUT2D eigenvalue weighted by atomic mass is 79.9. The SMILES string of the molecule is C[C@H]1CC[C@@]2(C)C(=CCC3C2CC[C@]2(C)C(Br)=CCC32)C1. The predicted molar refractivity (Wildman–Crippen MR) is 93.3 cm³/mol. The molecule has 116 valence electrons. The van der Waals surface area contributed by atoms with Crippen LogP contribution in [0.5, 0.6) is 0 Å². The maximum atomic E-state index is 3.89. The predicted octanol–water partition coefficient (Wildman–Crippen LogP) is 6.47. The fraction of sp³-hybridized carbons (Fsp3) is 0.800. The molecule has 0 heterocycles. The minimum absolute atomic E-state index is 0.449. The normalized spacial score (nSPS) is 52.4. The molecule has 2 fully saturated rings. The second-order valence-corrected chi connectivity index (χ2v) is 9.71. The van der Waals surface area contributed by atoms with Gasteiger partial charge in [-0.15, -0.1) is 0 Å². The first-order valence-electron chi connectivity index (χ1n) is 9.01. The lowest BCUT2D eigenvalue weighted by molar-refractivity contribution is -0.0176. The number of hydrogen-bond donors (Lipinski definition) is 0. The van der Waals surface area contributed by atoms with Gasteiger partial charge in [0.25, 0.3) is 0 Å². The molecule has 1 heteroatoms. The molecule has 0 N–H and O–H groups in total. The molecule has 4 aliphatic carbocycles. The van der Waals surface area contributed by atoms with Crippen molar-refractivity contribution in [3.05, 3.63) is 22.2 Å². The Morgan fingerprint density at radius 1 is 1.00 bits per heavy atom. The van der Waals surface area contributed by atoms with Crippen molar-refractivity contribution >= 4 is 15.9 Å². The van der Waals surface area contributed by atoms with E-state index in [2.05, 4.69) is 48.9 Å². The molecule has 4 rings (SSSR count). The van der Waals surface area contributed by atoms with Crippen LogP contribution in [0, 0.1) is 34.5 Å². The van der Waals surface area contributed by atoms with Crippen LogP contribution in [0.25, 0.3) is 0 Å². The molecule has 4 aliphatic rings. The van der Waals surface area contributed by atoms with Crippen molar-refractivity contribution in [2.75, 3.05) is 0 Å². The molecule has 0 aromatic heterocycles. The van der Waals surface area contributed by atoms with Crippen molar-refractivity contribution in [3.8, 4) is 0 Å². The number of hydrogen-bond acceptors (Lipinski definition) is 0. The monoisotopic (exact) mass is 348 g/mol. The Hall–Kier alpha value is -0.0400. The van der Waals surface area contributed by atoms with Gasteiger partial charge in [0.1, 0.15) is 0 Å². The Morgan fingerprint density at radius 3 is 2.57 bits per heavy atom. The van der Waals surface area contributed by atoms with E-state index < -0.39 is 0 Å².